The van der Waals surface area contributed by atoms with Crippen LogP contribution in [0.15, 0.2) is 42.5 Å². The third-order valence-corrected chi connectivity index (χ3v) is 3.54. The van der Waals surface area contributed by atoms with Crippen molar-refractivity contribution >= 4 is 16.8 Å². The fraction of sp³-hybridized carbons (Fsp3) is 0.250. The van der Waals surface area contributed by atoms with Gasteiger partial charge in [-0.1, -0.05) is 62.4 Å². The largest absolute Gasteiger partial charge is 0.0761 e. The zero-order valence-electron chi connectivity index (χ0n) is 9.77. The van der Waals surface area contributed by atoms with Crippen LogP contribution in [0.4, 0.5) is 0 Å². The van der Waals surface area contributed by atoms with Crippen molar-refractivity contribution in [2.45, 2.75) is 19.8 Å². The Morgan fingerprint density at radius 3 is 2.62 bits per heavy atom. The van der Waals surface area contributed by atoms with Crippen LogP contribution in [0.25, 0.3) is 16.8 Å². The SMILES string of the molecule is CC(C)C1C=Cc2ccc3ccccc3c21. The molecule has 0 aromatic heterocycles. The third kappa shape index (κ3) is 1.30. The van der Waals surface area contributed by atoms with Crippen molar-refractivity contribution in [3.05, 3.63) is 53.6 Å². The van der Waals surface area contributed by atoms with Gasteiger partial charge < -0.3 is 0 Å². The fourth-order valence-electron chi connectivity index (χ4n) is 2.69. The molecule has 2 aromatic carbocycles. The van der Waals surface area contributed by atoms with Crippen LogP contribution in [0.1, 0.15) is 30.9 Å². The highest BCUT2D eigenvalue weighted by molar-refractivity contribution is 5.91. The Hall–Kier alpha value is -1.56. The van der Waals surface area contributed by atoms with Gasteiger partial charge in [-0.25, -0.2) is 0 Å². The summed E-state index contributed by atoms with van der Waals surface area (Å²) < 4.78 is 0. The van der Waals surface area contributed by atoms with Crippen molar-refractivity contribution in [1.29, 1.82) is 0 Å². The predicted octanol–water partition coefficient (Wildman–Crippen LogP) is 4.61. The monoisotopic (exact) mass is 208 g/mol. The number of fused-ring (bicyclic) bond motifs is 3. The summed E-state index contributed by atoms with van der Waals surface area (Å²) in [6, 6.07) is 13.2. The van der Waals surface area contributed by atoms with Crippen molar-refractivity contribution in [1.82, 2.24) is 0 Å². The Morgan fingerprint density at radius 2 is 1.81 bits per heavy atom. The van der Waals surface area contributed by atoms with Crippen LogP contribution in [-0.4, -0.2) is 0 Å². The first-order chi connectivity index (χ1) is 7.77. The first-order valence-electron chi connectivity index (χ1n) is 5.97. The zero-order valence-corrected chi connectivity index (χ0v) is 9.77. The summed E-state index contributed by atoms with van der Waals surface area (Å²) in [4.78, 5) is 0. The van der Waals surface area contributed by atoms with Gasteiger partial charge in [-0.3, -0.25) is 0 Å². The van der Waals surface area contributed by atoms with Gasteiger partial charge in [0, 0.05) is 5.92 Å². The molecular weight excluding hydrogens is 192 g/mol. The van der Waals surface area contributed by atoms with E-state index in [0.29, 0.717) is 11.8 Å². The number of allylic oxidation sites excluding steroid dienone is 1. The number of hydrogen-bond donors (Lipinski definition) is 0. The Morgan fingerprint density at radius 1 is 1.00 bits per heavy atom. The summed E-state index contributed by atoms with van der Waals surface area (Å²) in [5.74, 6) is 1.25. The average Bonchev–Trinajstić information content (AvgIpc) is 2.73. The van der Waals surface area contributed by atoms with E-state index in [2.05, 4.69) is 62.4 Å². The highest BCUT2D eigenvalue weighted by Gasteiger charge is 2.22. The second-order valence-electron chi connectivity index (χ2n) is 4.92. The molecule has 0 heterocycles. The molecule has 1 aliphatic carbocycles. The number of hydrogen-bond acceptors (Lipinski definition) is 0. The van der Waals surface area contributed by atoms with E-state index < -0.39 is 0 Å². The molecule has 16 heavy (non-hydrogen) atoms. The van der Waals surface area contributed by atoms with Gasteiger partial charge in [-0.2, -0.15) is 0 Å². The third-order valence-electron chi connectivity index (χ3n) is 3.54. The van der Waals surface area contributed by atoms with Gasteiger partial charge in [0.15, 0.2) is 0 Å². The first kappa shape index (κ1) is 9.65. The lowest BCUT2D eigenvalue weighted by molar-refractivity contribution is 0.587. The Kier molecular flexibility index (Phi) is 2.10. The minimum Gasteiger partial charge on any atom is -0.0761 e. The van der Waals surface area contributed by atoms with Crippen LogP contribution < -0.4 is 0 Å². The molecule has 80 valence electrons. The van der Waals surface area contributed by atoms with E-state index in [0.717, 1.165) is 0 Å². The fourth-order valence-corrected chi connectivity index (χ4v) is 2.69. The molecule has 0 saturated carbocycles. The highest BCUT2D eigenvalue weighted by Crippen LogP contribution is 2.39. The molecule has 0 fully saturated rings. The maximum absolute atomic E-state index is 2.35. The van der Waals surface area contributed by atoms with Gasteiger partial charge in [0.05, 0.1) is 0 Å². The Labute approximate surface area is 96.6 Å². The molecule has 0 radical (unpaired) electrons. The van der Waals surface area contributed by atoms with E-state index in [9.17, 15) is 0 Å². The lowest BCUT2D eigenvalue weighted by Gasteiger charge is -2.17. The number of rotatable bonds is 1. The van der Waals surface area contributed by atoms with E-state index in [4.69, 9.17) is 0 Å². The lowest BCUT2D eigenvalue weighted by Crippen LogP contribution is -2.02. The normalized spacial score (nSPS) is 18.3. The molecule has 0 N–H and O–H groups in total. The van der Waals surface area contributed by atoms with Gasteiger partial charge in [0.2, 0.25) is 0 Å². The Balaban J connectivity index is 2.31. The molecule has 0 spiro atoms. The molecule has 1 unspecified atom stereocenters. The lowest BCUT2D eigenvalue weighted by atomic mass is 9.87. The van der Waals surface area contributed by atoms with Crippen molar-refractivity contribution < 1.29 is 0 Å². The van der Waals surface area contributed by atoms with Crippen molar-refractivity contribution in [3.8, 4) is 0 Å². The molecule has 0 bridgehead atoms. The molecule has 0 nitrogen and oxygen atoms in total. The summed E-state index contributed by atoms with van der Waals surface area (Å²) in [7, 11) is 0. The van der Waals surface area contributed by atoms with Gasteiger partial charge >= 0.3 is 0 Å². The summed E-state index contributed by atoms with van der Waals surface area (Å²) in [5.41, 5.74) is 2.92. The minimum atomic E-state index is 0.584. The van der Waals surface area contributed by atoms with Crippen LogP contribution in [0.2, 0.25) is 0 Å². The first-order valence-corrected chi connectivity index (χ1v) is 5.97. The van der Waals surface area contributed by atoms with Gasteiger partial charge in [-0.15, -0.1) is 0 Å². The van der Waals surface area contributed by atoms with Crippen molar-refractivity contribution in [2.24, 2.45) is 5.92 Å². The summed E-state index contributed by atoms with van der Waals surface area (Å²) >= 11 is 0. The second-order valence-corrected chi connectivity index (χ2v) is 4.92. The quantitative estimate of drug-likeness (QED) is 0.642. The molecule has 1 atom stereocenters. The molecule has 0 saturated heterocycles. The molecule has 3 rings (SSSR count). The molecule has 1 aliphatic rings. The molecule has 0 heteroatoms. The van der Waals surface area contributed by atoms with E-state index >= 15 is 0 Å². The second kappa shape index (κ2) is 3.48. The van der Waals surface area contributed by atoms with E-state index in [1.54, 1.807) is 0 Å². The molecule has 0 aliphatic heterocycles. The van der Waals surface area contributed by atoms with Gasteiger partial charge in [0.25, 0.3) is 0 Å². The molecular formula is C16H16. The summed E-state index contributed by atoms with van der Waals surface area (Å²) in [6.45, 7) is 4.60. The maximum atomic E-state index is 2.35. The topological polar surface area (TPSA) is 0 Å². The standard InChI is InChI=1S/C16H16/c1-11(2)14-10-9-13-8-7-12-5-3-4-6-15(12)16(13)14/h3-11,14H,1-2H3. The van der Waals surface area contributed by atoms with Crippen molar-refractivity contribution in [2.75, 3.05) is 0 Å². The van der Waals surface area contributed by atoms with Crippen LogP contribution in [0.3, 0.4) is 0 Å². The zero-order chi connectivity index (χ0) is 11.1. The van der Waals surface area contributed by atoms with Crippen LogP contribution in [0.5, 0.6) is 0 Å². The van der Waals surface area contributed by atoms with Crippen LogP contribution >= 0.6 is 0 Å². The molecule has 0 amide bonds. The van der Waals surface area contributed by atoms with E-state index in [-0.39, 0.29) is 0 Å². The highest BCUT2D eigenvalue weighted by atomic mass is 14.3. The maximum Gasteiger partial charge on any atom is 0.00564 e. The van der Waals surface area contributed by atoms with Gasteiger partial charge in [-0.05, 0) is 27.8 Å². The smallest absolute Gasteiger partial charge is 0.00564 e. The molecule has 2 aromatic rings. The van der Waals surface area contributed by atoms with E-state index in [1.165, 1.54) is 21.9 Å². The number of benzene rings is 2. The van der Waals surface area contributed by atoms with Gasteiger partial charge in [0.1, 0.15) is 0 Å². The minimum absolute atomic E-state index is 0.584. The summed E-state index contributed by atoms with van der Waals surface area (Å²) in [6.07, 6.45) is 4.62. The van der Waals surface area contributed by atoms with Crippen LogP contribution in [-0.2, 0) is 0 Å². The Bertz CT molecular complexity index is 561. The van der Waals surface area contributed by atoms with Crippen LogP contribution in [0, 0.1) is 5.92 Å². The summed E-state index contributed by atoms with van der Waals surface area (Å²) in [5, 5.41) is 2.78. The average molecular weight is 208 g/mol. The predicted molar refractivity (Wildman–Crippen MR) is 70.6 cm³/mol. The van der Waals surface area contributed by atoms with Crippen molar-refractivity contribution in [3.63, 3.8) is 0 Å². The van der Waals surface area contributed by atoms with E-state index in [1.807, 2.05) is 0 Å².